The van der Waals surface area contributed by atoms with E-state index in [0.717, 1.165) is 37.2 Å². The predicted octanol–water partition coefficient (Wildman–Crippen LogP) is 2.31. The van der Waals surface area contributed by atoms with Gasteiger partial charge in [0.25, 0.3) is 0 Å². The van der Waals surface area contributed by atoms with E-state index in [0.29, 0.717) is 19.6 Å². The Morgan fingerprint density at radius 2 is 2.14 bits per heavy atom. The smallest absolute Gasteiger partial charge is 0.307 e. The maximum atomic E-state index is 11.1. The Balaban J connectivity index is 1.81. The fourth-order valence-corrected chi connectivity index (χ4v) is 2.88. The number of aliphatic carboxylic acids is 1. The molecular formula is C17H25NO4. The number of rotatable bonds is 7. The summed E-state index contributed by atoms with van der Waals surface area (Å²) in [4.78, 5) is 13.2. The molecule has 5 heteroatoms. The summed E-state index contributed by atoms with van der Waals surface area (Å²) in [5, 5.41) is 19.4. The minimum Gasteiger partial charge on any atom is -0.494 e. The van der Waals surface area contributed by atoms with Crippen molar-refractivity contribution < 1.29 is 19.7 Å². The highest BCUT2D eigenvalue weighted by molar-refractivity contribution is 5.70. The maximum absolute atomic E-state index is 11.1. The van der Waals surface area contributed by atoms with Gasteiger partial charge in [-0.1, -0.05) is 12.1 Å². The summed E-state index contributed by atoms with van der Waals surface area (Å²) in [5.41, 5.74) is 0.871. The van der Waals surface area contributed by atoms with Gasteiger partial charge < -0.3 is 19.8 Å². The zero-order valence-electron chi connectivity index (χ0n) is 13.1. The fraction of sp³-hybridized carbons (Fsp3) is 0.588. The first-order chi connectivity index (χ1) is 10.6. The van der Waals surface area contributed by atoms with Crippen molar-refractivity contribution >= 4 is 5.97 Å². The number of aliphatic hydroxyl groups excluding tert-OH is 1. The van der Waals surface area contributed by atoms with Crippen LogP contribution in [0.4, 0.5) is 0 Å². The van der Waals surface area contributed by atoms with E-state index in [1.54, 1.807) is 0 Å². The number of piperidine rings is 1. The molecule has 0 spiro atoms. The second-order valence-corrected chi connectivity index (χ2v) is 5.78. The Bertz CT molecular complexity index is 474. The van der Waals surface area contributed by atoms with Gasteiger partial charge in [-0.25, -0.2) is 0 Å². The molecule has 2 N–H and O–H groups in total. The molecule has 0 amide bonds. The van der Waals surface area contributed by atoms with Crippen molar-refractivity contribution in [1.29, 1.82) is 0 Å². The first-order valence-corrected chi connectivity index (χ1v) is 7.96. The van der Waals surface area contributed by atoms with Gasteiger partial charge in [0.15, 0.2) is 0 Å². The molecule has 0 aromatic heterocycles. The number of aliphatic hydroxyl groups is 1. The fourth-order valence-electron chi connectivity index (χ4n) is 2.88. The number of carboxylic acids is 1. The second kappa shape index (κ2) is 8.15. The lowest BCUT2D eigenvalue weighted by atomic mass is 9.97. The summed E-state index contributed by atoms with van der Waals surface area (Å²) >= 11 is 0. The number of hydrogen-bond acceptors (Lipinski definition) is 4. The molecule has 22 heavy (non-hydrogen) atoms. The number of nitrogens with zero attached hydrogens (tertiary/aromatic N) is 1. The van der Waals surface area contributed by atoms with Crippen molar-refractivity contribution in [3.8, 4) is 5.75 Å². The van der Waals surface area contributed by atoms with E-state index in [1.807, 2.05) is 31.2 Å². The average Bonchev–Trinajstić information content (AvgIpc) is 2.54. The van der Waals surface area contributed by atoms with Crippen molar-refractivity contribution in [3.05, 3.63) is 29.8 Å². The highest BCUT2D eigenvalue weighted by Gasteiger charge is 2.25. The van der Waals surface area contributed by atoms with Crippen LogP contribution < -0.4 is 4.74 Å². The number of carboxylic acid groups (broad SMARTS) is 1. The van der Waals surface area contributed by atoms with Crippen LogP contribution in [0.15, 0.2) is 24.3 Å². The molecule has 1 aliphatic rings. The molecule has 1 aromatic carbocycles. The predicted molar refractivity (Wildman–Crippen MR) is 84.0 cm³/mol. The number of ether oxygens (including phenoxy) is 1. The molecule has 1 aliphatic heterocycles. The molecule has 1 aromatic rings. The van der Waals surface area contributed by atoms with Gasteiger partial charge >= 0.3 is 5.97 Å². The van der Waals surface area contributed by atoms with E-state index in [1.165, 1.54) is 0 Å². The van der Waals surface area contributed by atoms with Crippen LogP contribution >= 0.6 is 0 Å². The van der Waals surface area contributed by atoms with Gasteiger partial charge in [-0.15, -0.1) is 0 Å². The number of benzene rings is 1. The molecule has 2 unspecified atom stereocenters. The van der Waals surface area contributed by atoms with Gasteiger partial charge in [-0.3, -0.25) is 4.79 Å². The van der Waals surface area contributed by atoms with Crippen molar-refractivity contribution in [1.82, 2.24) is 4.90 Å². The Labute approximate surface area is 131 Å². The van der Waals surface area contributed by atoms with Crippen molar-refractivity contribution in [2.24, 2.45) is 5.92 Å². The summed E-state index contributed by atoms with van der Waals surface area (Å²) in [5.74, 6) is -0.174. The molecule has 2 atom stereocenters. The zero-order chi connectivity index (χ0) is 15.9. The minimum atomic E-state index is -0.711. The summed E-state index contributed by atoms with van der Waals surface area (Å²) in [6.07, 6.45) is 1.75. The SMILES string of the molecule is CCOc1ccc(C(O)CCN2CCCC(C(=O)O)C2)cc1. The molecule has 0 aliphatic carbocycles. The van der Waals surface area contributed by atoms with Gasteiger partial charge in [0.05, 0.1) is 18.6 Å². The van der Waals surface area contributed by atoms with Gasteiger partial charge in [-0.05, 0) is 50.4 Å². The van der Waals surface area contributed by atoms with Crippen LogP contribution in [0, 0.1) is 5.92 Å². The van der Waals surface area contributed by atoms with E-state index in [-0.39, 0.29) is 5.92 Å². The normalized spacial score (nSPS) is 20.5. The first kappa shape index (κ1) is 16.8. The van der Waals surface area contributed by atoms with E-state index in [4.69, 9.17) is 9.84 Å². The summed E-state index contributed by atoms with van der Waals surface area (Å²) in [6.45, 7) is 4.79. The lowest BCUT2D eigenvalue weighted by Crippen LogP contribution is -2.39. The molecule has 0 radical (unpaired) electrons. The molecule has 0 saturated carbocycles. The van der Waals surface area contributed by atoms with E-state index >= 15 is 0 Å². The lowest BCUT2D eigenvalue weighted by molar-refractivity contribution is -0.143. The lowest BCUT2D eigenvalue weighted by Gasteiger charge is -2.31. The maximum Gasteiger partial charge on any atom is 0.307 e. The monoisotopic (exact) mass is 307 g/mol. The highest BCUT2D eigenvalue weighted by atomic mass is 16.5. The van der Waals surface area contributed by atoms with Crippen LogP contribution in [0.25, 0.3) is 0 Å². The van der Waals surface area contributed by atoms with Crippen molar-refractivity contribution in [2.45, 2.75) is 32.3 Å². The molecule has 0 bridgehead atoms. The Kier molecular flexibility index (Phi) is 6.21. The highest BCUT2D eigenvalue weighted by Crippen LogP contribution is 2.22. The molecule has 1 saturated heterocycles. The third-order valence-corrected chi connectivity index (χ3v) is 4.15. The number of carbonyl (C=O) groups is 1. The van der Waals surface area contributed by atoms with Crippen molar-refractivity contribution in [2.75, 3.05) is 26.2 Å². The van der Waals surface area contributed by atoms with Crippen LogP contribution in [0.1, 0.15) is 37.9 Å². The quantitative estimate of drug-likeness (QED) is 0.809. The standard InChI is InChI=1S/C17H25NO4/c1-2-22-15-7-5-13(6-8-15)16(19)9-11-18-10-3-4-14(12-18)17(20)21/h5-8,14,16,19H,2-4,9-12H2,1H3,(H,20,21). The van der Waals surface area contributed by atoms with Gasteiger partial charge in [0.1, 0.15) is 5.75 Å². The third kappa shape index (κ3) is 4.71. The Morgan fingerprint density at radius 1 is 1.41 bits per heavy atom. The van der Waals surface area contributed by atoms with Crippen molar-refractivity contribution in [3.63, 3.8) is 0 Å². The molecule has 5 nitrogen and oxygen atoms in total. The molecule has 1 heterocycles. The largest absolute Gasteiger partial charge is 0.494 e. The topological polar surface area (TPSA) is 70.0 Å². The van der Waals surface area contributed by atoms with Gasteiger partial charge in [0.2, 0.25) is 0 Å². The van der Waals surface area contributed by atoms with Gasteiger partial charge in [0, 0.05) is 13.1 Å². The first-order valence-electron chi connectivity index (χ1n) is 7.96. The van der Waals surface area contributed by atoms with Crippen LogP contribution in [0.5, 0.6) is 5.75 Å². The van der Waals surface area contributed by atoms with E-state index in [2.05, 4.69) is 4.90 Å². The molecule has 2 rings (SSSR count). The number of hydrogen-bond donors (Lipinski definition) is 2. The second-order valence-electron chi connectivity index (χ2n) is 5.78. The van der Waals surface area contributed by atoms with E-state index < -0.39 is 12.1 Å². The summed E-state index contributed by atoms with van der Waals surface area (Å²) in [7, 11) is 0. The number of likely N-dealkylation sites (tertiary alicyclic amines) is 1. The minimum absolute atomic E-state index is 0.267. The third-order valence-electron chi connectivity index (χ3n) is 4.15. The zero-order valence-corrected chi connectivity index (χ0v) is 13.1. The summed E-state index contributed by atoms with van der Waals surface area (Å²) in [6, 6.07) is 7.49. The van der Waals surface area contributed by atoms with Crippen LogP contribution in [-0.2, 0) is 4.79 Å². The Hall–Kier alpha value is -1.59. The van der Waals surface area contributed by atoms with Crippen LogP contribution in [0.3, 0.4) is 0 Å². The van der Waals surface area contributed by atoms with Gasteiger partial charge in [-0.2, -0.15) is 0 Å². The average molecular weight is 307 g/mol. The molecular weight excluding hydrogens is 282 g/mol. The summed E-state index contributed by atoms with van der Waals surface area (Å²) < 4.78 is 5.38. The molecule has 122 valence electrons. The van der Waals surface area contributed by atoms with Crippen LogP contribution in [-0.4, -0.2) is 47.3 Å². The van der Waals surface area contributed by atoms with E-state index in [9.17, 15) is 9.90 Å². The van der Waals surface area contributed by atoms with Crippen LogP contribution in [0.2, 0.25) is 0 Å². The Morgan fingerprint density at radius 3 is 2.77 bits per heavy atom. The molecule has 1 fully saturated rings.